The van der Waals surface area contributed by atoms with Crippen molar-refractivity contribution in [2.45, 2.75) is 12.5 Å². The third kappa shape index (κ3) is 2.41. The Morgan fingerprint density at radius 1 is 1.62 bits per heavy atom. The quantitative estimate of drug-likeness (QED) is 0.795. The van der Waals surface area contributed by atoms with Gasteiger partial charge in [-0.15, -0.1) is 0 Å². The SMILES string of the molecule is N#CCC(O)c1ccc(F)c(Cl)c1. The lowest BCUT2D eigenvalue weighted by Crippen LogP contribution is -1.96. The van der Waals surface area contributed by atoms with Gasteiger partial charge in [0.25, 0.3) is 0 Å². The first-order valence-electron chi connectivity index (χ1n) is 3.65. The molecule has 0 radical (unpaired) electrons. The number of benzene rings is 1. The molecule has 0 spiro atoms. The molecule has 1 aromatic rings. The number of hydrogen-bond donors (Lipinski definition) is 1. The van der Waals surface area contributed by atoms with E-state index in [-0.39, 0.29) is 11.4 Å². The second kappa shape index (κ2) is 4.22. The van der Waals surface area contributed by atoms with Gasteiger partial charge in [0.05, 0.1) is 23.6 Å². The maximum atomic E-state index is 12.7. The van der Waals surface area contributed by atoms with Gasteiger partial charge in [-0.1, -0.05) is 17.7 Å². The minimum atomic E-state index is -0.900. The summed E-state index contributed by atoms with van der Waals surface area (Å²) in [4.78, 5) is 0. The second-order valence-electron chi connectivity index (χ2n) is 2.55. The first-order valence-corrected chi connectivity index (χ1v) is 4.03. The summed E-state index contributed by atoms with van der Waals surface area (Å²) >= 11 is 5.49. The number of aliphatic hydroxyl groups excluding tert-OH is 1. The molecule has 2 nitrogen and oxygen atoms in total. The molecule has 0 amide bonds. The minimum absolute atomic E-state index is 0.0258. The smallest absolute Gasteiger partial charge is 0.141 e. The predicted octanol–water partition coefficient (Wildman–Crippen LogP) is 2.43. The van der Waals surface area contributed by atoms with E-state index in [1.54, 1.807) is 0 Å². The van der Waals surface area contributed by atoms with Crippen LogP contribution in [0, 0.1) is 17.1 Å². The lowest BCUT2D eigenvalue weighted by molar-refractivity contribution is 0.183. The molecule has 1 atom stereocenters. The van der Waals surface area contributed by atoms with Gasteiger partial charge in [0.2, 0.25) is 0 Å². The van der Waals surface area contributed by atoms with Gasteiger partial charge < -0.3 is 5.11 Å². The molecule has 1 N–H and O–H groups in total. The molecule has 13 heavy (non-hydrogen) atoms. The summed E-state index contributed by atoms with van der Waals surface area (Å²) in [5.74, 6) is -0.533. The van der Waals surface area contributed by atoms with E-state index >= 15 is 0 Å². The summed E-state index contributed by atoms with van der Waals surface area (Å²) in [6.45, 7) is 0. The monoisotopic (exact) mass is 199 g/mol. The van der Waals surface area contributed by atoms with Gasteiger partial charge >= 0.3 is 0 Å². The van der Waals surface area contributed by atoms with E-state index in [0.717, 1.165) is 6.07 Å². The molecule has 0 fully saturated rings. The Hall–Kier alpha value is -1.11. The molecule has 0 aliphatic rings. The van der Waals surface area contributed by atoms with Crippen molar-refractivity contribution in [3.05, 3.63) is 34.6 Å². The largest absolute Gasteiger partial charge is 0.387 e. The van der Waals surface area contributed by atoms with Gasteiger partial charge in [0.1, 0.15) is 5.82 Å². The van der Waals surface area contributed by atoms with E-state index in [9.17, 15) is 9.50 Å². The van der Waals surface area contributed by atoms with Gasteiger partial charge in [-0.3, -0.25) is 0 Å². The molecule has 0 aromatic heterocycles. The van der Waals surface area contributed by atoms with Crippen molar-refractivity contribution in [3.63, 3.8) is 0 Å². The van der Waals surface area contributed by atoms with E-state index in [4.69, 9.17) is 16.9 Å². The molecular weight excluding hydrogens is 193 g/mol. The van der Waals surface area contributed by atoms with Crippen molar-refractivity contribution < 1.29 is 9.50 Å². The fourth-order valence-electron chi connectivity index (χ4n) is 0.924. The van der Waals surface area contributed by atoms with Crippen molar-refractivity contribution in [3.8, 4) is 6.07 Å². The van der Waals surface area contributed by atoms with Crippen LogP contribution in [0.4, 0.5) is 4.39 Å². The molecule has 68 valence electrons. The number of hydrogen-bond acceptors (Lipinski definition) is 2. The Bertz CT molecular complexity index is 348. The van der Waals surface area contributed by atoms with Crippen molar-refractivity contribution in [1.82, 2.24) is 0 Å². The van der Waals surface area contributed by atoms with Gasteiger partial charge in [0.15, 0.2) is 0 Å². The summed E-state index contributed by atoms with van der Waals surface area (Å²) in [6, 6.07) is 5.70. The van der Waals surface area contributed by atoms with Crippen LogP contribution in [0.3, 0.4) is 0 Å². The van der Waals surface area contributed by atoms with Crippen LogP contribution in [-0.2, 0) is 0 Å². The van der Waals surface area contributed by atoms with Crippen molar-refractivity contribution in [2.24, 2.45) is 0 Å². The first kappa shape index (κ1) is 9.97. The number of nitriles is 1. The summed E-state index contributed by atoms with van der Waals surface area (Å²) in [5, 5.41) is 17.6. The normalized spacial score (nSPS) is 12.2. The van der Waals surface area contributed by atoms with Crippen LogP contribution in [-0.4, -0.2) is 5.11 Å². The number of nitrogens with zero attached hydrogens (tertiary/aromatic N) is 1. The molecule has 1 aromatic carbocycles. The standard InChI is InChI=1S/C9H7ClFNO/c10-7-5-6(1-2-8(7)11)9(13)3-4-12/h1-2,5,9,13H,3H2. The predicted molar refractivity (Wildman–Crippen MR) is 46.6 cm³/mol. The van der Waals surface area contributed by atoms with Gasteiger partial charge in [-0.05, 0) is 17.7 Å². The molecule has 4 heteroatoms. The molecule has 0 saturated carbocycles. The third-order valence-electron chi connectivity index (χ3n) is 1.61. The van der Waals surface area contributed by atoms with Crippen molar-refractivity contribution in [2.75, 3.05) is 0 Å². The zero-order valence-corrected chi connectivity index (χ0v) is 7.42. The van der Waals surface area contributed by atoms with E-state index in [1.165, 1.54) is 12.1 Å². The Kier molecular flexibility index (Phi) is 3.24. The molecule has 1 rings (SSSR count). The number of halogens is 2. The van der Waals surface area contributed by atoms with Crippen molar-refractivity contribution >= 4 is 11.6 Å². The highest BCUT2D eigenvalue weighted by Gasteiger charge is 2.08. The lowest BCUT2D eigenvalue weighted by atomic mass is 10.1. The van der Waals surface area contributed by atoms with E-state index in [1.807, 2.05) is 6.07 Å². The van der Waals surface area contributed by atoms with Crippen LogP contribution >= 0.6 is 11.6 Å². The maximum Gasteiger partial charge on any atom is 0.141 e. The van der Waals surface area contributed by atoms with Crippen LogP contribution in [0.5, 0.6) is 0 Å². The van der Waals surface area contributed by atoms with Gasteiger partial charge in [-0.25, -0.2) is 4.39 Å². The highest BCUT2D eigenvalue weighted by molar-refractivity contribution is 6.30. The zero-order chi connectivity index (χ0) is 9.84. The Morgan fingerprint density at radius 3 is 2.85 bits per heavy atom. The summed E-state index contributed by atoms with van der Waals surface area (Å²) < 4.78 is 12.7. The fourth-order valence-corrected chi connectivity index (χ4v) is 1.11. The van der Waals surface area contributed by atoms with Crippen LogP contribution in [0.2, 0.25) is 5.02 Å². The Morgan fingerprint density at radius 2 is 2.31 bits per heavy atom. The molecule has 0 aliphatic carbocycles. The highest BCUT2D eigenvalue weighted by Crippen LogP contribution is 2.22. The van der Waals surface area contributed by atoms with E-state index in [0.29, 0.717) is 5.56 Å². The zero-order valence-electron chi connectivity index (χ0n) is 6.67. The van der Waals surface area contributed by atoms with Crippen LogP contribution in [0.1, 0.15) is 18.1 Å². The van der Waals surface area contributed by atoms with Crippen molar-refractivity contribution in [1.29, 1.82) is 5.26 Å². The van der Waals surface area contributed by atoms with Gasteiger partial charge in [-0.2, -0.15) is 5.26 Å². The Labute approximate surface area is 80.2 Å². The van der Waals surface area contributed by atoms with Gasteiger partial charge in [0, 0.05) is 0 Å². The molecular formula is C9H7ClFNO. The van der Waals surface area contributed by atoms with Crippen LogP contribution in [0.25, 0.3) is 0 Å². The highest BCUT2D eigenvalue weighted by atomic mass is 35.5. The maximum absolute atomic E-state index is 12.7. The average molecular weight is 200 g/mol. The first-order chi connectivity index (χ1) is 6.15. The molecule has 1 unspecified atom stereocenters. The molecule has 0 saturated heterocycles. The van der Waals surface area contributed by atoms with Crippen LogP contribution < -0.4 is 0 Å². The topological polar surface area (TPSA) is 44.0 Å². The van der Waals surface area contributed by atoms with Crippen LogP contribution in [0.15, 0.2) is 18.2 Å². The number of rotatable bonds is 2. The summed E-state index contributed by atoms with van der Waals surface area (Å²) in [5.41, 5.74) is 0.452. The second-order valence-corrected chi connectivity index (χ2v) is 2.96. The molecule has 0 bridgehead atoms. The van der Waals surface area contributed by atoms with E-state index < -0.39 is 11.9 Å². The molecule has 0 heterocycles. The Balaban J connectivity index is 2.91. The van der Waals surface area contributed by atoms with E-state index in [2.05, 4.69) is 0 Å². The third-order valence-corrected chi connectivity index (χ3v) is 1.90. The summed E-state index contributed by atoms with van der Waals surface area (Å²) in [6.07, 6.45) is -0.926. The minimum Gasteiger partial charge on any atom is -0.387 e. The number of aliphatic hydroxyl groups is 1. The summed E-state index contributed by atoms with van der Waals surface area (Å²) in [7, 11) is 0. The molecule has 0 aliphatic heterocycles. The fraction of sp³-hybridized carbons (Fsp3) is 0.222. The average Bonchev–Trinajstić information content (AvgIpc) is 2.10. The lowest BCUT2D eigenvalue weighted by Gasteiger charge is -2.06.